The van der Waals surface area contributed by atoms with E-state index in [1.54, 1.807) is 4.90 Å². The number of amides is 5. The van der Waals surface area contributed by atoms with Gasteiger partial charge in [-0.3, -0.25) is 24.1 Å². The third-order valence-electron chi connectivity index (χ3n) is 11.9. The highest BCUT2D eigenvalue weighted by atomic mass is 16.5. The maximum Gasteiger partial charge on any atom is 0.315 e. The number of nitrogens with one attached hydrogen (secondary N) is 3. The fraction of sp³-hybridized carbons (Fsp3) is 0.861. The van der Waals surface area contributed by atoms with Gasteiger partial charge in [0.15, 0.2) is 0 Å². The van der Waals surface area contributed by atoms with E-state index in [0.29, 0.717) is 39.1 Å². The molecule has 48 heavy (non-hydrogen) atoms. The van der Waals surface area contributed by atoms with Crippen LogP contribution in [0.15, 0.2) is 0 Å². The van der Waals surface area contributed by atoms with E-state index in [1.807, 2.05) is 20.8 Å². The molecule has 0 aromatic rings. The molecule has 5 N–H and O–H groups in total. The summed E-state index contributed by atoms with van der Waals surface area (Å²) >= 11 is 0. The number of carbonyl (C=O) groups is 5. The van der Waals surface area contributed by atoms with Crippen LogP contribution in [0.4, 0.5) is 4.79 Å². The molecule has 5 atom stereocenters. The first-order valence-electron chi connectivity index (χ1n) is 18.1. The average molecular weight is 675 g/mol. The zero-order chi connectivity index (χ0) is 35.7. The summed E-state index contributed by atoms with van der Waals surface area (Å²) in [5, 5.41) is 9.04. The van der Waals surface area contributed by atoms with E-state index < -0.39 is 47.2 Å². The van der Waals surface area contributed by atoms with Crippen LogP contribution in [0.1, 0.15) is 107 Å². The Hall–Kier alpha value is -2.73. The van der Waals surface area contributed by atoms with Gasteiger partial charge in [0, 0.05) is 32.2 Å². The second-order valence-electron chi connectivity index (χ2n) is 17.8. The maximum atomic E-state index is 14.7. The van der Waals surface area contributed by atoms with Crippen LogP contribution < -0.4 is 21.7 Å². The average Bonchev–Trinajstić information content (AvgIpc) is 3.50. The van der Waals surface area contributed by atoms with Crippen molar-refractivity contribution in [1.29, 1.82) is 0 Å². The largest absolute Gasteiger partial charge is 0.379 e. The zero-order valence-electron chi connectivity index (χ0n) is 30.7. The number of ether oxygens (including phenoxy) is 1. The van der Waals surface area contributed by atoms with Crippen molar-refractivity contribution >= 4 is 29.5 Å². The quantitative estimate of drug-likeness (QED) is 0.245. The van der Waals surface area contributed by atoms with Gasteiger partial charge in [-0.25, -0.2) is 4.79 Å². The summed E-state index contributed by atoms with van der Waals surface area (Å²) in [6.45, 7) is 20.3. The summed E-state index contributed by atoms with van der Waals surface area (Å²) in [6, 6.07) is -3.41. The number of hydrogen-bond donors (Lipinski definition) is 4. The molecule has 2 aliphatic heterocycles. The minimum Gasteiger partial charge on any atom is -0.379 e. The number of morpholine rings is 1. The number of ketones is 1. The SMILES string of the molecule is CC(C)(C)[C@H](CN1CCOCC1)NC(=O)N[C@H](C(=O)N1C[C@]2(CCCC2(C)C)C[C@H]1C(=O)NC(CC1CCC1)C(=O)C(N)=O)C(C)(C)C. The van der Waals surface area contributed by atoms with Crippen molar-refractivity contribution in [2.45, 2.75) is 131 Å². The molecule has 272 valence electrons. The molecule has 0 bridgehead atoms. The molecule has 4 aliphatic rings. The van der Waals surface area contributed by atoms with Gasteiger partial charge in [0.1, 0.15) is 12.1 Å². The molecule has 12 heteroatoms. The van der Waals surface area contributed by atoms with E-state index >= 15 is 0 Å². The standard InChI is InChI=1S/C36H62N6O6/c1-33(2,3)26(21-41-15-17-48-18-16-41)39-32(47)40-28(34(4,5)6)31(46)42-22-36(14-10-13-35(36,7)8)20-25(42)30(45)38-24(27(43)29(37)44)19-23-11-9-12-23/h23-26,28H,9-22H2,1-8H3,(H2,37,44)(H,38,45)(H2,39,40,47)/t24?,25-,26-,28+,36-/m0/s1. The summed E-state index contributed by atoms with van der Waals surface area (Å²) in [5.41, 5.74) is 4.07. The van der Waals surface area contributed by atoms with Gasteiger partial charge in [-0.05, 0) is 53.3 Å². The Morgan fingerprint density at radius 2 is 1.54 bits per heavy atom. The van der Waals surface area contributed by atoms with Gasteiger partial charge in [-0.2, -0.15) is 0 Å². The number of nitrogens with zero attached hydrogens (tertiary/aromatic N) is 2. The molecule has 0 aromatic carbocycles. The van der Waals surface area contributed by atoms with Gasteiger partial charge >= 0.3 is 6.03 Å². The number of likely N-dealkylation sites (tertiary alicyclic amines) is 1. The van der Waals surface area contributed by atoms with E-state index in [1.165, 1.54) is 0 Å². The molecule has 5 amide bonds. The summed E-state index contributed by atoms with van der Waals surface area (Å²) < 4.78 is 5.50. The van der Waals surface area contributed by atoms with Crippen LogP contribution in [0.5, 0.6) is 0 Å². The van der Waals surface area contributed by atoms with Crippen molar-refractivity contribution in [2.75, 3.05) is 39.4 Å². The van der Waals surface area contributed by atoms with Crippen molar-refractivity contribution in [3.8, 4) is 0 Å². The molecule has 12 nitrogen and oxygen atoms in total. The fourth-order valence-electron chi connectivity index (χ4n) is 8.05. The van der Waals surface area contributed by atoms with Crippen LogP contribution in [-0.4, -0.2) is 103 Å². The molecule has 0 aromatic heterocycles. The Bertz CT molecular complexity index is 1210. The number of carbonyl (C=O) groups excluding carboxylic acids is 5. The van der Waals surface area contributed by atoms with Crippen molar-refractivity contribution < 1.29 is 28.7 Å². The summed E-state index contributed by atoms with van der Waals surface area (Å²) in [6.07, 6.45) is 6.59. The lowest BCUT2D eigenvalue weighted by Gasteiger charge is -2.40. The molecule has 0 radical (unpaired) electrons. The summed E-state index contributed by atoms with van der Waals surface area (Å²) in [5.74, 6) is -2.41. The number of rotatable bonds is 11. The molecule has 2 heterocycles. The number of primary amides is 1. The highest BCUT2D eigenvalue weighted by Crippen LogP contribution is 2.59. The zero-order valence-corrected chi connectivity index (χ0v) is 30.7. The first-order valence-corrected chi connectivity index (χ1v) is 18.1. The number of hydrogen-bond acceptors (Lipinski definition) is 7. The Kier molecular flexibility index (Phi) is 11.6. The van der Waals surface area contributed by atoms with Crippen LogP contribution in [0, 0.1) is 27.6 Å². The van der Waals surface area contributed by atoms with Crippen molar-refractivity contribution in [3.05, 3.63) is 0 Å². The topological polar surface area (TPSA) is 163 Å². The highest BCUT2D eigenvalue weighted by Gasteiger charge is 2.59. The van der Waals surface area contributed by atoms with Gasteiger partial charge in [0.25, 0.3) is 5.91 Å². The predicted molar refractivity (Wildman–Crippen MR) is 184 cm³/mol. The second-order valence-corrected chi connectivity index (χ2v) is 17.8. The van der Waals surface area contributed by atoms with Gasteiger partial charge in [-0.1, -0.05) is 81.1 Å². The Morgan fingerprint density at radius 1 is 0.896 bits per heavy atom. The highest BCUT2D eigenvalue weighted by molar-refractivity contribution is 6.37. The van der Waals surface area contributed by atoms with Gasteiger partial charge in [-0.15, -0.1) is 0 Å². The Labute approximate surface area is 287 Å². The van der Waals surface area contributed by atoms with Crippen molar-refractivity contribution in [1.82, 2.24) is 25.8 Å². The normalized spacial score (nSPS) is 26.8. The van der Waals surface area contributed by atoms with E-state index in [0.717, 1.165) is 51.6 Å². The lowest BCUT2D eigenvalue weighted by atomic mass is 9.66. The lowest BCUT2D eigenvalue weighted by Crippen LogP contribution is -2.62. The molecular weight excluding hydrogens is 612 g/mol. The van der Waals surface area contributed by atoms with Gasteiger partial charge < -0.3 is 31.3 Å². The van der Waals surface area contributed by atoms with Crippen LogP contribution in [-0.2, 0) is 23.9 Å². The van der Waals surface area contributed by atoms with E-state index in [9.17, 15) is 24.0 Å². The summed E-state index contributed by atoms with van der Waals surface area (Å²) in [7, 11) is 0. The van der Waals surface area contributed by atoms with Crippen LogP contribution in [0.2, 0.25) is 0 Å². The minimum atomic E-state index is -1.07. The Morgan fingerprint density at radius 3 is 2.04 bits per heavy atom. The van der Waals surface area contributed by atoms with Crippen LogP contribution >= 0.6 is 0 Å². The molecule has 1 spiro atoms. The molecule has 2 saturated heterocycles. The van der Waals surface area contributed by atoms with E-state index in [4.69, 9.17) is 10.5 Å². The predicted octanol–water partition coefficient (Wildman–Crippen LogP) is 2.97. The summed E-state index contributed by atoms with van der Waals surface area (Å²) in [4.78, 5) is 71.3. The minimum absolute atomic E-state index is 0.115. The smallest absolute Gasteiger partial charge is 0.315 e. The molecule has 1 unspecified atom stereocenters. The van der Waals surface area contributed by atoms with E-state index in [-0.39, 0.29) is 34.1 Å². The number of nitrogens with two attached hydrogens (primary N) is 1. The third kappa shape index (κ3) is 8.70. The van der Waals surface area contributed by atoms with Crippen LogP contribution in [0.3, 0.4) is 0 Å². The van der Waals surface area contributed by atoms with Crippen molar-refractivity contribution in [2.24, 2.45) is 33.3 Å². The molecule has 4 fully saturated rings. The molecule has 4 rings (SSSR count). The number of urea groups is 1. The second kappa shape index (κ2) is 14.6. The molecular formula is C36H62N6O6. The monoisotopic (exact) mass is 674 g/mol. The van der Waals surface area contributed by atoms with Gasteiger partial charge in [0.05, 0.1) is 19.3 Å². The molecule has 2 saturated carbocycles. The Balaban J connectivity index is 1.57. The van der Waals surface area contributed by atoms with Crippen LogP contribution in [0.25, 0.3) is 0 Å². The van der Waals surface area contributed by atoms with Gasteiger partial charge in [0.2, 0.25) is 17.6 Å². The van der Waals surface area contributed by atoms with Crippen molar-refractivity contribution in [3.63, 3.8) is 0 Å². The third-order valence-corrected chi connectivity index (χ3v) is 11.9. The number of Topliss-reactive ketones (excluding diaryl/α,β-unsaturated/α-hetero) is 1. The molecule has 2 aliphatic carbocycles. The first kappa shape index (κ1) is 38.1. The fourth-order valence-corrected chi connectivity index (χ4v) is 8.05. The maximum absolute atomic E-state index is 14.7. The lowest BCUT2D eigenvalue weighted by molar-refractivity contribution is -0.143. The first-order chi connectivity index (χ1) is 22.2. The van der Waals surface area contributed by atoms with E-state index in [2.05, 4.69) is 55.5 Å².